The van der Waals surface area contributed by atoms with Crippen LogP contribution < -0.4 is 16.4 Å². The average molecular weight is 353 g/mol. The first-order valence-electron chi connectivity index (χ1n) is 8.96. The first-order chi connectivity index (χ1) is 12.5. The first kappa shape index (κ1) is 19.7. The molecule has 0 saturated heterocycles. The highest BCUT2D eigenvalue weighted by Gasteiger charge is 2.14. The molecule has 2 aromatic rings. The summed E-state index contributed by atoms with van der Waals surface area (Å²) in [6, 6.07) is 16.5. The summed E-state index contributed by atoms with van der Waals surface area (Å²) in [6.07, 6.45) is 1.37. The zero-order chi connectivity index (χ0) is 18.9. The second-order valence-electron chi connectivity index (χ2n) is 6.50. The summed E-state index contributed by atoms with van der Waals surface area (Å²) in [5.74, 6) is -0.309. The molecule has 0 saturated carbocycles. The van der Waals surface area contributed by atoms with Crippen molar-refractivity contribution < 1.29 is 9.59 Å². The normalized spacial score (nSPS) is 12.9. The van der Waals surface area contributed by atoms with Crippen molar-refractivity contribution in [2.75, 3.05) is 0 Å². The second-order valence-corrected chi connectivity index (χ2v) is 6.50. The third-order valence-electron chi connectivity index (χ3n) is 4.28. The lowest BCUT2D eigenvalue weighted by molar-refractivity contribution is -0.122. The number of hydrogen-bond donors (Lipinski definition) is 3. The molecular formula is C21H27N3O2. The van der Waals surface area contributed by atoms with Crippen molar-refractivity contribution in [1.82, 2.24) is 10.6 Å². The molecule has 138 valence electrons. The van der Waals surface area contributed by atoms with E-state index in [0.717, 1.165) is 17.5 Å². The van der Waals surface area contributed by atoms with E-state index in [1.54, 1.807) is 12.1 Å². The van der Waals surface area contributed by atoms with Crippen LogP contribution in [0.15, 0.2) is 54.6 Å². The van der Waals surface area contributed by atoms with Crippen LogP contribution in [0.2, 0.25) is 0 Å². The molecule has 26 heavy (non-hydrogen) atoms. The summed E-state index contributed by atoms with van der Waals surface area (Å²) >= 11 is 0. The van der Waals surface area contributed by atoms with Crippen LogP contribution in [0.1, 0.15) is 41.8 Å². The van der Waals surface area contributed by atoms with Gasteiger partial charge in [-0.05, 0) is 43.0 Å². The van der Waals surface area contributed by atoms with Crippen molar-refractivity contribution in [2.24, 2.45) is 5.73 Å². The van der Waals surface area contributed by atoms with Gasteiger partial charge in [0.25, 0.3) is 5.91 Å². The lowest BCUT2D eigenvalue weighted by Gasteiger charge is -2.14. The predicted octanol–water partition coefficient (Wildman–Crippen LogP) is 2.40. The Morgan fingerprint density at radius 1 is 1.04 bits per heavy atom. The van der Waals surface area contributed by atoms with Crippen molar-refractivity contribution in [1.29, 1.82) is 0 Å². The number of nitrogens with two attached hydrogens (primary N) is 1. The van der Waals surface area contributed by atoms with Gasteiger partial charge in [-0.1, -0.05) is 49.4 Å². The number of carbonyl (C=O) groups is 2. The van der Waals surface area contributed by atoms with Gasteiger partial charge in [0.15, 0.2) is 0 Å². The Bertz CT molecular complexity index is 731. The topological polar surface area (TPSA) is 84.2 Å². The van der Waals surface area contributed by atoms with Gasteiger partial charge in [-0.3, -0.25) is 9.59 Å². The second kappa shape index (κ2) is 9.73. The minimum Gasteiger partial charge on any atom is -0.351 e. The highest BCUT2D eigenvalue weighted by Crippen LogP contribution is 2.07. The predicted molar refractivity (Wildman–Crippen MR) is 104 cm³/mol. The number of rotatable bonds is 8. The van der Waals surface area contributed by atoms with Gasteiger partial charge in [0.1, 0.15) is 0 Å². The van der Waals surface area contributed by atoms with E-state index in [1.165, 1.54) is 0 Å². The molecule has 2 amide bonds. The molecule has 0 aromatic heterocycles. The van der Waals surface area contributed by atoms with Gasteiger partial charge in [-0.2, -0.15) is 0 Å². The molecule has 2 aromatic carbocycles. The quantitative estimate of drug-likeness (QED) is 0.681. The molecule has 4 N–H and O–H groups in total. The molecule has 2 atom stereocenters. The number of benzene rings is 2. The van der Waals surface area contributed by atoms with Crippen LogP contribution in [0.3, 0.4) is 0 Å². The number of carbonyl (C=O) groups excluding carboxylic acids is 2. The van der Waals surface area contributed by atoms with E-state index in [1.807, 2.05) is 56.3 Å². The fourth-order valence-electron chi connectivity index (χ4n) is 2.51. The Morgan fingerprint density at radius 3 is 2.42 bits per heavy atom. The van der Waals surface area contributed by atoms with Crippen LogP contribution in [0, 0.1) is 0 Å². The molecule has 5 heteroatoms. The highest BCUT2D eigenvalue weighted by molar-refractivity contribution is 5.94. The molecule has 0 aliphatic carbocycles. The Labute approximate surface area is 155 Å². The summed E-state index contributed by atoms with van der Waals surface area (Å²) in [5, 5.41) is 5.78. The van der Waals surface area contributed by atoms with Gasteiger partial charge in [0.2, 0.25) is 5.91 Å². The van der Waals surface area contributed by atoms with Crippen LogP contribution in [0.5, 0.6) is 0 Å². The monoisotopic (exact) mass is 353 g/mol. The van der Waals surface area contributed by atoms with Gasteiger partial charge < -0.3 is 16.4 Å². The first-order valence-corrected chi connectivity index (χ1v) is 8.96. The lowest BCUT2D eigenvalue weighted by atomic mass is 10.1. The van der Waals surface area contributed by atoms with Crippen LogP contribution in [0.4, 0.5) is 0 Å². The van der Waals surface area contributed by atoms with E-state index < -0.39 is 6.04 Å². The third-order valence-corrected chi connectivity index (χ3v) is 4.28. The molecule has 0 aliphatic heterocycles. The van der Waals surface area contributed by atoms with Crippen molar-refractivity contribution in [3.63, 3.8) is 0 Å². The zero-order valence-corrected chi connectivity index (χ0v) is 15.4. The zero-order valence-electron chi connectivity index (χ0n) is 15.4. The van der Waals surface area contributed by atoms with E-state index in [4.69, 9.17) is 5.73 Å². The number of nitrogens with one attached hydrogen (secondary N) is 2. The Balaban J connectivity index is 1.89. The minimum atomic E-state index is -0.603. The van der Waals surface area contributed by atoms with Crippen LogP contribution >= 0.6 is 0 Å². The molecule has 2 rings (SSSR count). The molecule has 1 unspecified atom stereocenters. The van der Waals surface area contributed by atoms with Crippen molar-refractivity contribution in [3.05, 3.63) is 71.3 Å². The molecule has 0 bridgehead atoms. The summed E-state index contributed by atoms with van der Waals surface area (Å²) in [4.78, 5) is 24.4. The van der Waals surface area contributed by atoms with E-state index >= 15 is 0 Å². The fourth-order valence-corrected chi connectivity index (χ4v) is 2.51. The maximum absolute atomic E-state index is 12.2. The van der Waals surface area contributed by atoms with Crippen LogP contribution in [-0.2, 0) is 17.8 Å². The molecule has 0 fully saturated rings. The summed E-state index contributed by atoms with van der Waals surface area (Å²) < 4.78 is 0. The van der Waals surface area contributed by atoms with Crippen LogP contribution in [-0.4, -0.2) is 23.9 Å². The number of amides is 2. The Kier molecular flexibility index (Phi) is 7.36. The molecule has 0 aliphatic rings. The summed E-state index contributed by atoms with van der Waals surface area (Å²) in [7, 11) is 0. The molecule has 5 nitrogen and oxygen atoms in total. The van der Waals surface area contributed by atoms with E-state index in [0.29, 0.717) is 18.5 Å². The SMILES string of the molecule is CCC(C)NC(=O)c1cccc(CNC(=O)[C@@H](N)Cc2ccccc2)c1. The maximum Gasteiger partial charge on any atom is 0.251 e. The molecular weight excluding hydrogens is 326 g/mol. The van der Waals surface area contributed by atoms with E-state index in [9.17, 15) is 9.59 Å². The van der Waals surface area contributed by atoms with Gasteiger partial charge >= 0.3 is 0 Å². The summed E-state index contributed by atoms with van der Waals surface area (Å²) in [6.45, 7) is 4.33. The van der Waals surface area contributed by atoms with Gasteiger partial charge in [-0.15, -0.1) is 0 Å². The molecule has 0 radical (unpaired) electrons. The van der Waals surface area contributed by atoms with Crippen molar-refractivity contribution >= 4 is 11.8 Å². The fraction of sp³-hybridized carbons (Fsp3) is 0.333. The van der Waals surface area contributed by atoms with Gasteiger partial charge in [0, 0.05) is 18.2 Å². The van der Waals surface area contributed by atoms with Crippen LogP contribution in [0.25, 0.3) is 0 Å². The third kappa shape index (κ3) is 6.01. The van der Waals surface area contributed by atoms with E-state index in [2.05, 4.69) is 10.6 Å². The van der Waals surface area contributed by atoms with Gasteiger partial charge in [0.05, 0.1) is 6.04 Å². The van der Waals surface area contributed by atoms with E-state index in [-0.39, 0.29) is 17.9 Å². The summed E-state index contributed by atoms with van der Waals surface area (Å²) in [5.41, 5.74) is 8.46. The minimum absolute atomic E-state index is 0.103. The highest BCUT2D eigenvalue weighted by atomic mass is 16.2. The molecule has 0 heterocycles. The Morgan fingerprint density at radius 2 is 1.73 bits per heavy atom. The smallest absolute Gasteiger partial charge is 0.251 e. The molecule has 0 spiro atoms. The maximum atomic E-state index is 12.2. The largest absolute Gasteiger partial charge is 0.351 e. The lowest BCUT2D eigenvalue weighted by Crippen LogP contribution is -2.41. The Hall–Kier alpha value is -2.66. The average Bonchev–Trinajstić information content (AvgIpc) is 2.66. The standard InChI is InChI=1S/C21H27N3O2/c1-3-15(2)24-20(25)18-11-7-10-17(12-18)14-23-21(26)19(22)13-16-8-5-4-6-9-16/h4-12,15,19H,3,13-14,22H2,1-2H3,(H,23,26)(H,24,25)/t15?,19-/m0/s1. The van der Waals surface area contributed by atoms with Crippen molar-refractivity contribution in [2.45, 2.75) is 45.3 Å². The van der Waals surface area contributed by atoms with Crippen molar-refractivity contribution in [3.8, 4) is 0 Å². The van der Waals surface area contributed by atoms with Gasteiger partial charge in [-0.25, -0.2) is 0 Å². The number of hydrogen-bond acceptors (Lipinski definition) is 3.